The summed E-state index contributed by atoms with van der Waals surface area (Å²) in [6.45, 7) is 0.584. The van der Waals surface area contributed by atoms with Crippen LogP contribution in [0, 0.1) is 5.82 Å². The van der Waals surface area contributed by atoms with Crippen molar-refractivity contribution in [2.24, 2.45) is 12.8 Å². The highest BCUT2D eigenvalue weighted by Gasteiger charge is 2.13. The molecule has 0 saturated heterocycles. The Labute approximate surface area is 113 Å². The first-order chi connectivity index (χ1) is 9.19. The summed E-state index contributed by atoms with van der Waals surface area (Å²) >= 11 is 1.57. The van der Waals surface area contributed by atoms with Crippen molar-refractivity contribution < 1.29 is 4.39 Å². The predicted molar refractivity (Wildman–Crippen MR) is 74.5 cm³/mol. The van der Waals surface area contributed by atoms with Crippen molar-refractivity contribution in [1.82, 2.24) is 14.5 Å². The van der Waals surface area contributed by atoms with E-state index in [4.69, 9.17) is 5.73 Å². The minimum Gasteiger partial charge on any atom is -0.330 e. The molecule has 0 atom stereocenters. The van der Waals surface area contributed by atoms with Gasteiger partial charge in [0.1, 0.15) is 11.5 Å². The van der Waals surface area contributed by atoms with E-state index in [0.29, 0.717) is 12.1 Å². The average molecular weight is 276 g/mol. The first-order valence-corrected chi connectivity index (χ1v) is 6.84. The summed E-state index contributed by atoms with van der Waals surface area (Å²) < 4.78 is 15.1. The maximum absolute atomic E-state index is 13.2. The molecule has 0 aliphatic heterocycles. The number of nitrogens with two attached hydrogens (primary N) is 1. The lowest BCUT2D eigenvalue weighted by Gasteiger charge is -1.98. The van der Waals surface area contributed by atoms with Gasteiger partial charge >= 0.3 is 0 Å². The number of aryl methyl sites for hydroxylation is 1. The Balaban J connectivity index is 2.10. The third kappa shape index (κ3) is 2.13. The van der Waals surface area contributed by atoms with Gasteiger partial charge in [-0.1, -0.05) is 0 Å². The topological polar surface area (TPSA) is 56.7 Å². The van der Waals surface area contributed by atoms with E-state index in [1.165, 1.54) is 12.1 Å². The second-order valence-electron chi connectivity index (χ2n) is 4.29. The maximum Gasteiger partial charge on any atom is 0.160 e. The summed E-state index contributed by atoms with van der Waals surface area (Å²) in [7, 11) is 1.91. The van der Waals surface area contributed by atoms with Gasteiger partial charge in [0.05, 0.1) is 16.0 Å². The van der Waals surface area contributed by atoms with E-state index < -0.39 is 0 Å². The van der Waals surface area contributed by atoms with Gasteiger partial charge in [-0.2, -0.15) is 0 Å². The molecule has 19 heavy (non-hydrogen) atoms. The van der Waals surface area contributed by atoms with Crippen LogP contribution in [0.5, 0.6) is 0 Å². The van der Waals surface area contributed by atoms with E-state index in [-0.39, 0.29) is 5.82 Å². The van der Waals surface area contributed by atoms with Gasteiger partial charge < -0.3 is 10.3 Å². The molecule has 2 heterocycles. The van der Waals surface area contributed by atoms with Crippen molar-refractivity contribution in [3.63, 3.8) is 0 Å². The number of halogens is 1. The van der Waals surface area contributed by atoms with Crippen molar-refractivity contribution in [1.29, 1.82) is 0 Å². The molecule has 0 fully saturated rings. The summed E-state index contributed by atoms with van der Waals surface area (Å²) in [6.07, 6.45) is 0.767. The number of thiazole rings is 1. The van der Waals surface area contributed by atoms with E-state index in [1.807, 2.05) is 17.0 Å². The van der Waals surface area contributed by atoms with Crippen LogP contribution < -0.4 is 5.73 Å². The predicted octanol–water partition coefficient (Wildman–Crippen LogP) is 2.34. The van der Waals surface area contributed by atoms with Gasteiger partial charge in [0.2, 0.25) is 0 Å². The zero-order valence-corrected chi connectivity index (χ0v) is 11.2. The van der Waals surface area contributed by atoms with Gasteiger partial charge in [0, 0.05) is 24.9 Å². The van der Waals surface area contributed by atoms with Gasteiger partial charge in [-0.05, 0) is 18.7 Å². The van der Waals surface area contributed by atoms with Crippen molar-refractivity contribution >= 4 is 22.4 Å². The van der Waals surface area contributed by atoms with Crippen LogP contribution in [-0.2, 0) is 13.5 Å². The molecule has 0 aliphatic carbocycles. The Kier molecular flexibility index (Phi) is 3.04. The molecule has 3 aromatic rings. The van der Waals surface area contributed by atoms with Crippen molar-refractivity contribution in [2.45, 2.75) is 6.42 Å². The Morgan fingerprint density at radius 1 is 1.37 bits per heavy atom. The van der Waals surface area contributed by atoms with Crippen LogP contribution in [0.25, 0.3) is 22.6 Å². The Bertz CT molecular complexity index is 731. The lowest BCUT2D eigenvalue weighted by molar-refractivity contribution is 0.629. The summed E-state index contributed by atoms with van der Waals surface area (Å²) in [4.78, 5) is 8.96. The molecule has 0 aliphatic rings. The first-order valence-electron chi connectivity index (χ1n) is 5.96. The van der Waals surface area contributed by atoms with E-state index in [1.54, 1.807) is 17.4 Å². The Morgan fingerprint density at radius 2 is 2.21 bits per heavy atom. The third-order valence-electron chi connectivity index (χ3n) is 2.98. The highest BCUT2D eigenvalue weighted by atomic mass is 32.1. The molecule has 3 rings (SSSR count). The minimum atomic E-state index is -0.278. The second-order valence-corrected chi connectivity index (χ2v) is 5.24. The standard InChI is InChI=1S/C13H13FN4S/c1-18-11-3-2-8(14)6-9(11)17-13(18)10-7-19-12(16-10)4-5-15/h2-3,6-7H,4-5,15H2,1H3. The van der Waals surface area contributed by atoms with Crippen molar-refractivity contribution in [2.75, 3.05) is 6.54 Å². The number of benzene rings is 1. The molecule has 1 aromatic carbocycles. The smallest absolute Gasteiger partial charge is 0.160 e. The van der Waals surface area contributed by atoms with Crippen molar-refractivity contribution in [3.05, 3.63) is 34.4 Å². The van der Waals surface area contributed by atoms with Gasteiger partial charge in [-0.3, -0.25) is 0 Å². The van der Waals surface area contributed by atoms with E-state index in [9.17, 15) is 4.39 Å². The summed E-state index contributed by atoms with van der Waals surface area (Å²) in [5, 5.41) is 2.96. The highest BCUT2D eigenvalue weighted by molar-refractivity contribution is 7.09. The normalized spacial score (nSPS) is 11.3. The van der Waals surface area contributed by atoms with E-state index in [2.05, 4.69) is 9.97 Å². The first kappa shape index (κ1) is 12.3. The number of imidazole rings is 1. The molecule has 0 saturated carbocycles. The number of aromatic nitrogens is 3. The molecule has 2 N–H and O–H groups in total. The summed E-state index contributed by atoms with van der Waals surface area (Å²) in [5.74, 6) is 0.472. The SMILES string of the molecule is Cn1c(-c2csc(CCN)n2)nc2cc(F)ccc21. The van der Waals surface area contributed by atoms with Gasteiger partial charge in [0.15, 0.2) is 5.82 Å². The zero-order valence-electron chi connectivity index (χ0n) is 10.4. The quantitative estimate of drug-likeness (QED) is 0.799. The fourth-order valence-electron chi connectivity index (χ4n) is 2.05. The Morgan fingerprint density at radius 3 is 3.00 bits per heavy atom. The van der Waals surface area contributed by atoms with Gasteiger partial charge in [-0.15, -0.1) is 11.3 Å². The lowest BCUT2D eigenvalue weighted by Crippen LogP contribution is -2.02. The molecule has 0 bridgehead atoms. The van der Waals surface area contributed by atoms with Crippen molar-refractivity contribution in [3.8, 4) is 11.5 Å². The van der Waals surface area contributed by atoms with Gasteiger partial charge in [0.25, 0.3) is 0 Å². The largest absolute Gasteiger partial charge is 0.330 e. The number of hydrogen-bond donors (Lipinski definition) is 1. The molecule has 0 radical (unpaired) electrons. The zero-order chi connectivity index (χ0) is 13.4. The number of hydrogen-bond acceptors (Lipinski definition) is 4. The maximum atomic E-state index is 13.2. The molecule has 0 spiro atoms. The molecule has 0 amide bonds. The minimum absolute atomic E-state index is 0.278. The lowest BCUT2D eigenvalue weighted by atomic mass is 10.3. The Hall–Kier alpha value is -1.79. The van der Waals surface area contributed by atoms with E-state index in [0.717, 1.165) is 28.5 Å². The highest BCUT2D eigenvalue weighted by Crippen LogP contribution is 2.25. The molecule has 2 aromatic heterocycles. The summed E-state index contributed by atoms with van der Waals surface area (Å²) in [5.41, 5.74) is 7.87. The van der Waals surface area contributed by atoms with Gasteiger partial charge in [-0.25, -0.2) is 14.4 Å². The van der Waals surface area contributed by atoms with Crippen LogP contribution in [-0.4, -0.2) is 21.1 Å². The van der Waals surface area contributed by atoms with Crippen LogP contribution in [0.1, 0.15) is 5.01 Å². The second kappa shape index (κ2) is 4.71. The summed E-state index contributed by atoms with van der Waals surface area (Å²) in [6, 6.07) is 4.61. The number of fused-ring (bicyclic) bond motifs is 1. The van der Waals surface area contributed by atoms with Crippen LogP contribution in [0.15, 0.2) is 23.6 Å². The molecule has 4 nitrogen and oxygen atoms in total. The monoisotopic (exact) mass is 276 g/mol. The average Bonchev–Trinajstić information content (AvgIpc) is 2.95. The van der Waals surface area contributed by atoms with Crippen LogP contribution in [0.3, 0.4) is 0 Å². The molecule has 98 valence electrons. The van der Waals surface area contributed by atoms with Crippen LogP contribution in [0.2, 0.25) is 0 Å². The van der Waals surface area contributed by atoms with E-state index >= 15 is 0 Å². The van der Waals surface area contributed by atoms with Crippen LogP contribution >= 0.6 is 11.3 Å². The molecule has 0 unspecified atom stereocenters. The molecular formula is C13H13FN4S. The fraction of sp³-hybridized carbons (Fsp3) is 0.231. The molecule has 6 heteroatoms. The molecular weight excluding hydrogens is 263 g/mol. The number of nitrogens with zero attached hydrogens (tertiary/aromatic N) is 3. The van der Waals surface area contributed by atoms with Crippen LogP contribution in [0.4, 0.5) is 4.39 Å². The number of rotatable bonds is 3. The third-order valence-corrected chi connectivity index (χ3v) is 3.89. The fourth-order valence-corrected chi connectivity index (χ4v) is 2.85.